The van der Waals surface area contributed by atoms with E-state index in [-0.39, 0.29) is 12.4 Å². The molecule has 0 amide bonds. The summed E-state index contributed by atoms with van der Waals surface area (Å²) >= 11 is 0. The molecule has 1 unspecified atom stereocenters. The van der Waals surface area contributed by atoms with Crippen molar-refractivity contribution >= 4 is 12.4 Å². The van der Waals surface area contributed by atoms with Crippen LogP contribution in [0.25, 0.3) is 0 Å². The lowest BCUT2D eigenvalue weighted by Crippen LogP contribution is -2.55. The van der Waals surface area contributed by atoms with Crippen LogP contribution in [0.4, 0.5) is 0 Å². The smallest absolute Gasteiger partial charge is 0.0124 e. The Kier molecular flexibility index (Phi) is 2.57. The topological polar surface area (TPSA) is 26.0 Å². The van der Waals surface area contributed by atoms with Gasteiger partial charge in [0.15, 0.2) is 0 Å². The second-order valence-electron chi connectivity index (χ2n) is 7.14. The van der Waals surface area contributed by atoms with Gasteiger partial charge in [0.2, 0.25) is 0 Å². The van der Waals surface area contributed by atoms with Gasteiger partial charge in [-0.1, -0.05) is 0 Å². The highest BCUT2D eigenvalue weighted by atomic mass is 35.5. The molecule has 0 aromatic heterocycles. The Morgan fingerprint density at radius 3 is 1.69 bits per heavy atom. The van der Waals surface area contributed by atoms with Crippen molar-refractivity contribution in [2.75, 3.05) is 0 Å². The van der Waals surface area contributed by atoms with Gasteiger partial charge in [0.25, 0.3) is 0 Å². The molecule has 2 N–H and O–H groups in total. The molecule has 0 heterocycles. The standard InChI is InChI=1S/C14H23N.ClH/c15-13(12-1-2-12)14-6-9-3-10(7-14)5-11(4-9)8-14;/h9-13H,1-8,15H2;1H. The van der Waals surface area contributed by atoms with Gasteiger partial charge in [0.05, 0.1) is 0 Å². The summed E-state index contributed by atoms with van der Waals surface area (Å²) in [6.45, 7) is 0. The van der Waals surface area contributed by atoms with Crippen molar-refractivity contribution in [1.82, 2.24) is 0 Å². The summed E-state index contributed by atoms with van der Waals surface area (Å²) in [6.07, 6.45) is 12.0. The van der Waals surface area contributed by atoms with Crippen LogP contribution < -0.4 is 5.73 Å². The summed E-state index contributed by atoms with van der Waals surface area (Å²) < 4.78 is 0. The van der Waals surface area contributed by atoms with Crippen molar-refractivity contribution in [1.29, 1.82) is 0 Å². The van der Waals surface area contributed by atoms with Gasteiger partial charge < -0.3 is 5.73 Å². The van der Waals surface area contributed by atoms with Crippen LogP contribution >= 0.6 is 12.4 Å². The van der Waals surface area contributed by atoms with E-state index in [2.05, 4.69) is 0 Å². The Morgan fingerprint density at radius 1 is 0.875 bits per heavy atom. The van der Waals surface area contributed by atoms with Crippen molar-refractivity contribution < 1.29 is 0 Å². The van der Waals surface area contributed by atoms with E-state index in [1.165, 1.54) is 32.1 Å². The monoisotopic (exact) mass is 241 g/mol. The molecule has 5 fully saturated rings. The third-order valence-electron chi connectivity index (χ3n) is 5.92. The third kappa shape index (κ3) is 1.54. The molecule has 0 aromatic carbocycles. The molecule has 5 saturated carbocycles. The Morgan fingerprint density at radius 2 is 1.31 bits per heavy atom. The lowest BCUT2D eigenvalue weighted by Gasteiger charge is -2.59. The van der Waals surface area contributed by atoms with Gasteiger partial charge in [-0.3, -0.25) is 0 Å². The van der Waals surface area contributed by atoms with Crippen molar-refractivity contribution in [3.63, 3.8) is 0 Å². The molecule has 4 bridgehead atoms. The second-order valence-corrected chi connectivity index (χ2v) is 7.14. The molecule has 5 rings (SSSR count). The largest absolute Gasteiger partial charge is 0.327 e. The van der Waals surface area contributed by atoms with E-state index in [1.807, 2.05) is 0 Å². The zero-order chi connectivity index (χ0) is 10.0. The molecule has 1 atom stereocenters. The van der Waals surface area contributed by atoms with Gasteiger partial charge in [-0.15, -0.1) is 12.4 Å². The van der Waals surface area contributed by atoms with E-state index in [4.69, 9.17) is 5.73 Å². The van der Waals surface area contributed by atoms with Crippen LogP contribution in [0.3, 0.4) is 0 Å². The van der Waals surface area contributed by atoms with Crippen LogP contribution in [-0.2, 0) is 0 Å². The third-order valence-corrected chi connectivity index (χ3v) is 5.92. The SMILES string of the molecule is Cl.NC(C1CC1)C12CC3CC(CC(C3)C1)C2. The average molecular weight is 242 g/mol. The van der Waals surface area contributed by atoms with Crippen LogP contribution in [0.1, 0.15) is 51.4 Å². The molecular weight excluding hydrogens is 218 g/mol. The van der Waals surface area contributed by atoms with Crippen LogP contribution in [-0.4, -0.2) is 6.04 Å². The quantitative estimate of drug-likeness (QED) is 0.788. The minimum atomic E-state index is 0. The normalized spacial score (nSPS) is 51.2. The fraction of sp³-hybridized carbons (Fsp3) is 1.00. The maximum absolute atomic E-state index is 6.58. The first-order valence-corrected chi connectivity index (χ1v) is 7.01. The Labute approximate surface area is 105 Å². The molecule has 5 aliphatic rings. The fourth-order valence-electron chi connectivity index (χ4n) is 5.54. The Balaban J connectivity index is 0.000000810. The van der Waals surface area contributed by atoms with Crippen LogP contribution in [0.5, 0.6) is 0 Å². The van der Waals surface area contributed by atoms with Gasteiger partial charge in [0.1, 0.15) is 0 Å². The van der Waals surface area contributed by atoms with E-state index in [0.717, 1.165) is 23.7 Å². The maximum Gasteiger partial charge on any atom is 0.0124 e. The van der Waals surface area contributed by atoms with Crippen molar-refractivity contribution in [3.05, 3.63) is 0 Å². The Bertz CT molecular complexity index is 249. The van der Waals surface area contributed by atoms with Crippen molar-refractivity contribution in [3.8, 4) is 0 Å². The number of halogens is 1. The summed E-state index contributed by atoms with van der Waals surface area (Å²) in [5.41, 5.74) is 7.20. The van der Waals surface area contributed by atoms with E-state index < -0.39 is 0 Å². The lowest BCUT2D eigenvalue weighted by atomic mass is 9.47. The van der Waals surface area contributed by atoms with Gasteiger partial charge in [-0.25, -0.2) is 0 Å². The summed E-state index contributed by atoms with van der Waals surface area (Å²) in [7, 11) is 0. The van der Waals surface area contributed by atoms with Crippen LogP contribution in [0.15, 0.2) is 0 Å². The van der Waals surface area contributed by atoms with E-state index in [9.17, 15) is 0 Å². The van der Waals surface area contributed by atoms with E-state index in [0.29, 0.717) is 11.5 Å². The van der Waals surface area contributed by atoms with E-state index in [1.54, 1.807) is 19.3 Å². The molecule has 0 aromatic rings. The maximum atomic E-state index is 6.58. The fourth-order valence-corrected chi connectivity index (χ4v) is 5.54. The molecule has 1 nitrogen and oxygen atoms in total. The van der Waals surface area contributed by atoms with Crippen LogP contribution in [0, 0.1) is 29.1 Å². The van der Waals surface area contributed by atoms with E-state index >= 15 is 0 Å². The molecule has 5 aliphatic carbocycles. The second kappa shape index (κ2) is 3.62. The van der Waals surface area contributed by atoms with Crippen molar-refractivity contribution in [2.24, 2.45) is 34.8 Å². The zero-order valence-electron chi connectivity index (χ0n) is 10.0. The molecule has 0 aliphatic heterocycles. The zero-order valence-corrected chi connectivity index (χ0v) is 10.8. The first-order chi connectivity index (χ1) is 7.25. The van der Waals surface area contributed by atoms with Crippen LogP contribution in [0.2, 0.25) is 0 Å². The van der Waals surface area contributed by atoms with Crippen molar-refractivity contribution in [2.45, 2.75) is 57.4 Å². The lowest BCUT2D eigenvalue weighted by molar-refractivity contribution is -0.0705. The molecule has 0 radical (unpaired) electrons. The van der Waals surface area contributed by atoms with Gasteiger partial charge in [-0.2, -0.15) is 0 Å². The molecule has 16 heavy (non-hydrogen) atoms. The summed E-state index contributed by atoms with van der Waals surface area (Å²) in [4.78, 5) is 0. The number of hydrogen-bond acceptors (Lipinski definition) is 1. The summed E-state index contributed by atoms with van der Waals surface area (Å²) in [5.74, 6) is 4.13. The summed E-state index contributed by atoms with van der Waals surface area (Å²) in [6, 6.07) is 0.575. The molecular formula is C14H24ClN. The highest BCUT2D eigenvalue weighted by molar-refractivity contribution is 5.85. The first-order valence-electron chi connectivity index (χ1n) is 7.01. The highest BCUT2D eigenvalue weighted by Crippen LogP contribution is 2.63. The average Bonchev–Trinajstić information content (AvgIpc) is 2.97. The van der Waals surface area contributed by atoms with Gasteiger partial charge >= 0.3 is 0 Å². The molecule has 0 spiro atoms. The van der Waals surface area contributed by atoms with Gasteiger partial charge in [0, 0.05) is 6.04 Å². The number of hydrogen-bond donors (Lipinski definition) is 1. The summed E-state index contributed by atoms with van der Waals surface area (Å²) in [5, 5.41) is 0. The molecule has 2 heteroatoms. The number of nitrogens with two attached hydrogens (primary N) is 1. The molecule has 0 saturated heterocycles. The predicted octanol–water partition coefficient (Wildman–Crippen LogP) is 3.36. The highest BCUT2D eigenvalue weighted by Gasteiger charge is 2.55. The minimum absolute atomic E-state index is 0. The minimum Gasteiger partial charge on any atom is -0.327 e. The first kappa shape index (κ1) is 11.3. The molecule has 92 valence electrons. The predicted molar refractivity (Wildman–Crippen MR) is 68.6 cm³/mol. The Hall–Kier alpha value is 0.250. The van der Waals surface area contributed by atoms with Gasteiger partial charge in [-0.05, 0) is 80.5 Å². The number of rotatable bonds is 2.